The fourth-order valence-electron chi connectivity index (χ4n) is 12.0. The van der Waals surface area contributed by atoms with E-state index >= 15 is 0 Å². The maximum Gasteiger partial charge on any atom is 0.178 e. The van der Waals surface area contributed by atoms with Crippen LogP contribution in [-0.4, -0.2) is 67.4 Å². The van der Waals surface area contributed by atoms with Gasteiger partial charge in [-0.1, -0.05) is 91.0 Å². The normalized spacial score (nSPS) is 18.1. The number of fused-ring (bicyclic) bond motifs is 12. The summed E-state index contributed by atoms with van der Waals surface area (Å²) in [6.07, 6.45) is 9.12. The van der Waals surface area contributed by atoms with Gasteiger partial charge in [0.15, 0.2) is 51.7 Å². The maximum atomic E-state index is 8.66. The number of nitrogens with zero attached hydrogens (tertiary/aromatic N) is 12. The Balaban J connectivity index is 0.000000118. The molecule has 0 saturated carbocycles. The zero-order chi connectivity index (χ0) is 58.9. The highest BCUT2D eigenvalue weighted by atomic mass is 16.3. The van der Waals surface area contributed by atoms with Gasteiger partial charge >= 0.3 is 0 Å². The van der Waals surface area contributed by atoms with E-state index in [0.29, 0.717) is 11.6 Å². The zero-order valence-electron chi connectivity index (χ0n) is 50.7. The maximum absolute atomic E-state index is 8.66. The second-order valence-electron chi connectivity index (χ2n) is 20.7. The summed E-state index contributed by atoms with van der Waals surface area (Å²) in [5, 5.41) is 6.37. The molecule has 0 fully saturated rings. The lowest BCUT2D eigenvalue weighted by atomic mass is 10.1. The Morgan fingerprint density at radius 2 is 0.696 bits per heavy atom. The minimum Gasteiger partial charge on any atom is -0.454 e. The first-order valence-electron chi connectivity index (χ1n) is 29.0. The molecule has 6 aromatic heterocycles. The average Bonchev–Trinajstić information content (AvgIpc) is 1.91. The second-order valence-corrected chi connectivity index (χ2v) is 20.7. The van der Waals surface area contributed by atoms with E-state index in [4.69, 9.17) is 20.1 Å². The number of aromatic nitrogens is 6. The van der Waals surface area contributed by atoms with E-state index in [1.807, 2.05) is 129 Å². The van der Waals surface area contributed by atoms with Crippen molar-refractivity contribution in [3.63, 3.8) is 0 Å². The van der Waals surface area contributed by atoms with Crippen LogP contribution >= 0.6 is 0 Å². The first-order chi connectivity index (χ1) is 40.1. The molecule has 9 heterocycles. The van der Waals surface area contributed by atoms with Gasteiger partial charge in [-0.2, -0.15) is 0 Å². The highest BCUT2D eigenvalue weighted by Crippen LogP contribution is 2.50. The lowest BCUT2D eigenvalue weighted by Gasteiger charge is -2.32. The van der Waals surface area contributed by atoms with Crippen molar-refractivity contribution in [3.8, 4) is 0 Å². The molecule has 0 spiro atoms. The molecule has 0 N–H and O–H groups in total. The molecule has 15 nitrogen and oxygen atoms in total. The summed E-state index contributed by atoms with van der Waals surface area (Å²) in [6.45, 7) is 17.3. The predicted molar refractivity (Wildman–Crippen MR) is 320 cm³/mol. The molecule has 3 atom stereocenters. The van der Waals surface area contributed by atoms with Gasteiger partial charge in [-0.25, -0.2) is 29.9 Å². The summed E-state index contributed by atoms with van der Waals surface area (Å²) in [4.78, 5) is 38.7. The Labute approximate surface area is 465 Å². The van der Waals surface area contributed by atoms with Crippen molar-refractivity contribution in [2.45, 2.75) is 99.8 Å². The molecule has 15 rings (SSSR count). The van der Waals surface area contributed by atoms with E-state index in [2.05, 4.69) is 104 Å². The summed E-state index contributed by atoms with van der Waals surface area (Å²) in [5.41, 5.74) is 10.9. The van der Waals surface area contributed by atoms with Crippen LogP contribution in [0.4, 0.5) is 52.0 Å². The van der Waals surface area contributed by atoms with Gasteiger partial charge in [-0.05, 0) is 104 Å². The largest absolute Gasteiger partial charge is 0.454 e. The van der Waals surface area contributed by atoms with Crippen LogP contribution in [0.3, 0.4) is 0 Å². The van der Waals surface area contributed by atoms with Crippen LogP contribution in [0.25, 0.3) is 65.8 Å². The number of para-hydroxylation sites is 3. The number of furan rings is 3. The minimum atomic E-state index is -2.34. The van der Waals surface area contributed by atoms with Crippen molar-refractivity contribution in [1.29, 1.82) is 0 Å². The number of rotatable bonds is 5. The third kappa shape index (κ3) is 7.68. The smallest absolute Gasteiger partial charge is 0.178 e. The molecule has 12 aromatic rings. The van der Waals surface area contributed by atoms with E-state index < -0.39 is 25.2 Å². The number of aryl methyl sites for hydroxylation is 3. The van der Waals surface area contributed by atoms with Gasteiger partial charge in [0.1, 0.15) is 35.2 Å². The first-order valence-corrected chi connectivity index (χ1v) is 26.5. The first kappa shape index (κ1) is 43.8. The Hall–Kier alpha value is -9.24. The predicted octanol–water partition coefficient (Wildman–Crippen LogP) is 15.4. The molecule has 0 radical (unpaired) electrons. The van der Waals surface area contributed by atoms with Gasteiger partial charge in [0.05, 0.1) is 19.8 Å². The Morgan fingerprint density at radius 3 is 1.04 bits per heavy atom. The van der Waals surface area contributed by atoms with E-state index in [1.54, 1.807) is 31.0 Å². The summed E-state index contributed by atoms with van der Waals surface area (Å²) >= 11 is 0. The van der Waals surface area contributed by atoms with Crippen molar-refractivity contribution in [1.82, 2.24) is 29.9 Å². The van der Waals surface area contributed by atoms with E-state index in [-0.39, 0.29) is 12.3 Å². The third-order valence-electron chi connectivity index (χ3n) is 15.4. The van der Waals surface area contributed by atoms with Crippen LogP contribution in [-0.2, 0) is 0 Å². The minimum absolute atomic E-state index is 0.123. The zero-order valence-corrected chi connectivity index (χ0v) is 45.7. The van der Waals surface area contributed by atoms with Crippen molar-refractivity contribution >= 4 is 118 Å². The molecule has 3 unspecified atom stereocenters. The van der Waals surface area contributed by atoms with Crippen molar-refractivity contribution in [2.75, 3.05) is 36.4 Å². The molecule has 0 saturated heterocycles. The number of hydrogen-bond acceptors (Lipinski definition) is 15. The highest BCUT2D eigenvalue weighted by Gasteiger charge is 2.42. The molecule has 0 amide bonds. The molecule has 6 aromatic carbocycles. The summed E-state index contributed by atoms with van der Waals surface area (Å²) in [6, 6.07) is 34.9. The Morgan fingerprint density at radius 1 is 0.392 bits per heavy atom. The molecular formula is C64H62N12O3. The highest BCUT2D eigenvalue weighted by molar-refractivity contribution is 6.13. The van der Waals surface area contributed by atoms with Crippen molar-refractivity contribution < 1.29 is 20.1 Å². The quantitative estimate of drug-likeness (QED) is 0.162. The number of hydrogen-bond donors (Lipinski definition) is 0. The molecule has 0 bridgehead atoms. The molecular weight excluding hydrogens is 985 g/mol. The molecule has 79 heavy (non-hydrogen) atoms. The van der Waals surface area contributed by atoms with Crippen LogP contribution in [0.2, 0.25) is 0 Å². The summed E-state index contributed by atoms with van der Waals surface area (Å²) in [7, 11) is 0. The molecule has 3 aliphatic heterocycles. The van der Waals surface area contributed by atoms with Gasteiger partial charge in [0.2, 0.25) is 0 Å². The van der Waals surface area contributed by atoms with Crippen LogP contribution in [0.5, 0.6) is 0 Å². The molecule has 396 valence electrons. The van der Waals surface area contributed by atoms with E-state index in [9.17, 15) is 0 Å². The fourth-order valence-corrected chi connectivity index (χ4v) is 12.0. The van der Waals surface area contributed by atoms with Gasteiger partial charge in [-0.15, -0.1) is 0 Å². The lowest BCUT2D eigenvalue weighted by molar-refractivity contribution is 0.598. The van der Waals surface area contributed by atoms with Crippen LogP contribution in [0.1, 0.15) is 72.0 Å². The fraction of sp³-hybridized carbons (Fsp3) is 0.250. The van der Waals surface area contributed by atoms with Crippen molar-refractivity contribution in [2.24, 2.45) is 0 Å². The summed E-state index contributed by atoms with van der Waals surface area (Å²) < 4.78 is 60.1. The lowest BCUT2D eigenvalue weighted by Crippen LogP contribution is -2.42. The number of benzene rings is 6. The standard InChI is InChI=1S/2C22H22N4O.C20H18N4O/c2*1-13(2)25-15(4)26(22-21(25)23-11-12-24-22)19-14(3)9-10-17-16-7-5-6-8-18(16)27-20(17)19;1-12-8-9-15-14-6-4-5-7-16(14)25-18(15)17(12)24-13(2)23(3)19-20(24)22-11-10-21-19/h2*5-13,15H,1-4H3;4-11,13H,1-3H3/i2*13D;3D3. The topological polar surface area (TPSA) is 136 Å². The Bertz CT molecular complexity index is 4090. The number of anilines is 9. The van der Waals surface area contributed by atoms with E-state index in [0.717, 1.165) is 123 Å². The van der Waals surface area contributed by atoms with Gasteiger partial charge in [-0.3, -0.25) is 14.7 Å². The second kappa shape index (κ2) is 19.0. The van der Waals surface area contributed by atoms with Gasteiger partial charge in [0, 0.05) is 92.6 Å². The third-order valence-corrected chi connectivity index (χ3v) is 15.4. The van der Waals surface area contributed by atoms with Crippen LogP contribution in [0.15, 0.2) is 160 Å². The van der Waals surface area contributed by atoms with Crippen LogP contribution < -0.4 is 29.4 Å². The Kier molecular flexibility index (Phi) is 10.6. The van der Waals surface area contributed by atoms with Gasteiger partial charge in [0.25, 0.3) is 0 Å². The monoisotopic (exact) mass is 1050 g/mol. The summed E-state index contributed by atoms with van der Waals surface area (Å²) in [5.74, 6) is 3.83. The van der Waals surface area contributed by atoms with E-state index in [1.165, 1.54) is 11.1 Å². The van der Waals surface area contributed by atoms with Gasteiger partial charge < -0.3 is 28.0 Å². The molecule has 15 heteroatoms. The molecule has 0 aliphatic carbocycles. The average molecular weight is 1050 g/mol. The SMILES string of the molecule is [2H]C(C)(C)N1c2nccnc2N(c2c(C)ccc3c2oc2ccccc23)C1C.[2H]C(C)(C)N1c2nccnc2N(c2c(C)ccc3c2oc2ccccc23)C1C.[2H]C([2H])([2H])N1c2nccnc2N(c2c(C)ccc3c2oc2ccccc23)C1C. The van der Waals surface area contributed by atoms with Crippen molar-refractivity contribution in [3.05, 3.63) is 163 Å². The molecule has 3 aliphatic rings. The van der Waals surface area contributed by atoms with Crippen LogP contribution in [0, 0.1) is 20.8 Å².